The Morgan fingerprint density at radius 1 is 1.21 bits per heavy atom. The molecule has 7 nitrogen and oxygen atoms in total. The van der Waals surface area contributed by atoms with E-state index in [1.165, 1.54) is 22.3 Å². The molecular formula is C24H24ClN3O4S2. The average molecular weight is 518 g/mol. The Labute approximate surface area is 208 Å². The zero-order valence-corrected chi connectivity index (χ0v) is 21.0. The average Bonchev–Trinajstić information content (AvgIpc) is 3.38. The summed E-state index contributed by atoms with van der Waals surface area (Å²) in [4.78, 5) is 19.6. The number of benzene rings is 1. The van der Waals surface area contributed by atoms with E-state index in [4.69, 9.17) is 16.3 Å². The van der Waals surface area contributed by atoms with Crippen LogP contribution in [0.25, 0.3) is 17.2 Å². The predicted octanol–water partition coefficient (Wildman–Crippen LogP) is 4.95. The van der Waals surface area contributed by atoms with Gasteiger partial charge in [-0.3, -0.25) is 9.69 Å². The van der Waals surface area contributed by atoms with Gasteiger partial charge in [-0.2, -0.15) is 4.72 Å². The Kier molecular flexibility index (Phi) is 7.37. The standard InChI is InChI=1S/C24H24ClN3O4S2/c1-16(2)32-21-6-4-3-5-19(21)17-7-10-23(26-15-17)28-13-11-20(24(28)29)27-34(30,31)14-12-18-8-9-22(25)33-18/h3-10,12,14-16,20,27H,11,13H2,1-2H3/b14-12+/t20-/m0/s1. The lowest BCUT2D eigenvalue weighted by Crippen LogP contribution is -2.40. The van der Waals surface area contributed by atoms with Crippen LogP contribution >= 0.6 is 22.9 Å². The van der Waals surface area contributed by atoms with Gasteiger partial charge in [0.1, 0.15) is 17.6 Å². The van der Waals surface area contributed by atoms with Gasteiger partial charge in [-0.05, 0) is 56.7 Å². The molecule has 1 N–H and O–H groups in total. The first-order chi connectivity index (χ1) is 16.2. The highest BCUT2D eigenvalue weighted by molar-refractivity contribution is 7.92. The van der Waals surface area contributed by atoms with Crippen LogP contribution < -0.4 is 14.4 Å². The topological polar surface area (TPSA) is 88.6 Å². The Bertz CT molecular complexity index is 1300. The number of aromatic nitrogens is 1. The molecule has 4 rings (SSSR count). The van der Waals surface area contributed by atoms with Crippen molar-refractivity contribution in [2.45, 2.75) is 32.4 Å². The number of halogens is 1. The van der Waals surface area contributed by atoms with Gasteiger partial charge in [0.25, 0.3) is 0 Å². The highest BCUT2D eigenvalue weighted by atomic mass is 35.5. The lowest BCUT2D eigenvalue weighted by Gasteiger charge is -2.17. The molecule has 2 aromatic heterocycles. The Hall–Kier alpha value is -2.72. The summed E-state index contributed by atoms with van der Waals surface area (Å²) in [5.41, 5.74) is 1.77. The van der Waals surface area contributed by atoms with Crippen LogP contribution in [-0.4, -0.2) is 38.0 Å². The molecule has 3 heterocycles. The van der Waals surface area contributed by atoms with E-state index in [1.54, 1.807) is 24.4 Å². The SMILES string of the molecule is CC(C)Oc1ccccc1-c1ccc(N2CC[C@H](NS(=O)(=O)/C=C/c3ccc(Cl)s3)C2=O)nc1. The molecule has 178 valence electrons. The van der Waals surface area contributed by atoms with Crippen LogP contribution in [0.5, 0.6) is 5.75 Å². The first-order valence-corrected chi connectivity index (χ1v) is 13.5. The summed E-state index contributed by atoms with van der Waals surface area (Å²) >= 11 is 7.14. The van der Waals surface area contributed by atoms with Crippen molar-refractivity contribution in [1.29, 1.82) is 0 Å². The van der Waals surface area contributed by atoms with Crippen molar-refractivity contribution in [2.24, 2.45) is 0 Å². The Morgan fingerprint density at radius 3 is 2.68 bits per heavy atom. The number of rotatable bonds is 8. The second kappa shape index (κ2) is 10.3. The summed E-state index contributed by atoms with van der Waals surface area (Å²) in [7, 11) is -3.80. The van der Waals surface area contributed by atoms with E-state index < -0.39 is 16.1 Å². The number of nitrogens with zero attached hydrogens (tertiary/aromatic N) is 2. The minimum absolute atomic E-state index is 0.0364. The van der Waals surface area contributed by atoms with Gasteiger partial charge >= 0.3 is 0 Å². The smallest absolute Gasteiger partial charge is 0.246 e. The van der Waals surface area contributed by atoms with Crippen molar-refractivity contribution in [3.05, 3.63) is 69.3 Å². The van der Waals surface area contributed by atoms with Gasteiger partial charge in [-0.1, -0.05) is 29.8 Å². The molecule has 10 heteroatoms. The van der Waals surface area contributed by atoms with Crippen molar-refractivity contribution >= 4 is 50.8 Å². The largest absolute Gasteiger partial charge is 0.490 e. The van der Waals surface area contributed by atoms with Crippen molar-refractivity contribution in [2.75, 3.05) is 11.4 Å². The third kappa shape index (κ3) is 5.85. The number of pyridine rings is 1. The predicted molar refractivity (Wildman–Crippen MR) is 137 cm³/mol. The summed E-state index contributed by atoms with van der Waals surface area (Å²) in [5, 5.41) is 1.05. The first kappa shape index (κ1) is 24.4. The molecule has 0 radical (unpaired) electrons. The summed E-state index contributed by atoms with van der Waals surface area (Å²) < 4.78 is 33.8. The highest BCUT2D eigenvalue weighted by Crippen LogP contribution is 2.31. The zero-order valence-electron chi connectivity index (χ0n) is 18.6. The molecule has 0 bridgehead atoms. The summed E-state index contributed by atoms with van der Waals surface area (Å²) in [5.74, 6) is 0.901. The van der Waals surface area contributed by atoms with Gasteiger partial charge in [0, 0.05) is 34.2 Å². The summed E-state index contributed by atoms with van der Waals surface area (Å²) in [6.07, 6.45) is 3.54. The van der Waals surface area contributed by atoms with E-state index >= 15 is 0 Å². The first-order valence-electron chi connectivity index (χ1n) is 10.7. The summed E-state index contributed by atoms with van der Waals surface area (Å²) in [6.45, 7) is 4.31. The van der Waals surface area contributed by atoms with Gasteiger partial charge < -0.3 is 4.74 Å². The van der Waals surface area contributed by atoms with Crippen LogP contribution in [0.2, 0.25) is 4.34 Å². The number of amides is 1. The number of thiophene rings is 1. The highest BCUT2D eigenvalue weighted by Gasteiger charge is 2.35. The molecule has 0 unspecified atom stereocenters. The molecule has 0 saturated carbocycles. The second-order valence-electron chi connectivity index (χ2n) is 8.01. The minimum atomic E-state index is -3.80. The van der Waals surface area contributed by atoms with E-state index in [1.807, 2.05) is 44.2 Å². The third-order valence-electron chi connectivity index (χ3n) is 5.10. The number of ether oxygens (including phenoxy) is 1. The molecule has 1 saturated heterocycles. The molecule has 0 aliphatic carbocycles. The molecule has 0 spiro atoms. The van der Waals surface area contributed by atoms with E-state index in [0.29, 0.717) is 28.0 Å². The number of anilines is 1. The van der Waals surface area contributed by atoms with Crippen molar-refractivity contribution < 1.29 is 17.9 Å². The van der Waals surface area contributed by atoms with Crippen molar-refractivity contribution in [1.82, 2.24) is 9.71 Å². The fourth-order valence-corrected chi connectivity index (χ4v) is 5.67. The van der Waals surface area contributed by atoms with E-state index in [-0.39, 0.29) is 12.0 Å². The number of carbonyl (C=O) groups is 1. The third-order valence-corrected chi connectivity index (χ3v) is 7.41. The molecule has 1 fully saturated rings. The molecule has 1 aromatic carbocycles. The number of nitrogens with one attached hydrogen (secondary N) is 1. The monoisotopic (exact) mass is 517 g/mol. The van der Waals surface area contributed by atoms with Gasteiger partial charge in [-0.15, -0.1) is 11.3 Å². The minimum Gasteiger partial charge on any atom is -0.490 e. The quantitative estimate of drug-likeness (QED) is 0.457. The van der Waals surface area contributed by atoms with Crippen LogP contribution in [0, 0.1) is 0 Å². The van der Waals surface area contributed by atoms with E-state index in [0.717, 1.165) is 22.3 Å². The molecule has 1 aliphatic rings. The van der Waals surface area contributed by atoms with Gasteiger partial charge in [0.05, 0.1) is 10.4 Å². The lowest BCUT2D eigenvalue weighted by molar-refractivity contribution is -0.118. The van der Waals surface area contributed by atoms with Gasteiger partial charge in [0.2, 0.25) is 15.9 Å². The second-order valence-corrected chi connectivity index (χ2v) is 11.4. The van der Waals surface area contributed by atoms with E-state index in [2.05, 4.69) is 9.71 Å². The van der Waals surface area contributed by atoms with Crippen LogP contribution in [-0.2, 0) is 14.8 Å². The normalized spacial score (nSPS) is 16.6. The molecule has 1 amide bonds. The summed E-state index contributed by atoms with van der Waals surface area (Å²) in [6, 6.07) is 13.9. The Balaban J connectivity index is 1.44. The number of hydrogen-bond acceptors (Lipinski definition) is 6. The van der Waals surface area contributed by atoms with E-state index in [9.17, 15) is 13.2 Å². The number of para-hydroxylation sites is 1. The lowest BCUT2D eigenvalue weighted by atomic mass is 10.1. The van der Waals surface area contributed by atoms with Crippen LogP contribution in [0.4, 0.5) is 5.82 Å². The van der Waals surface area contributed by atoms with Crippen molar-refractivity contribution in [3.63, 3.8) is 0 Å². The van der Waals surface area contributed by atoms with Crippen LogP contribution in [0.15, 0.2) is 60.1 Å². The van der Waals surface area contributed by atoms with Crippen molar-refractivity contribution in [3.8, 4) is 16.9 Å². The number of sulfonamides is 1. The molecule has 34 heavy (non-hydrogen) atoms. The zero-order chi connectivity index (χ0) is 24.3. The fraction of sp³-hybridized carbons (Fsp3) is 0.250. The van der Waals surface area contributed by atoms with Crippen LogP contribution in [0.1, 0.15) is 25.1 Å². The number of carbonyl (C=O) groups excluding carboxylic acids is 1. The molecule has 1 atom stereocenters. The molecule has 3 aromatic rings. The van der Waals surface area contributed by atoms with Gasteiger partial charge in [-0.25, -0.2) is 13.4 Å². The Morgan fingerprint density at radius 2 is 2.00 bits per heavy atom. The molecule has 1 aliphatic heterocycles. The maximum Gasteiger partial charge on any atom is 0.246 e. The maximum atomic E-state index is 12.9. The van der Waals surface area contributed by atoms with Gasteiger partial charge in [0.15, 0.2) is 0 Å². The number of hydrogen-bond donors (Lipinski definition) is 1. The fourth-order valence-electron chi connectivity index (χ4n) is 3.60. The van der Waals surface area contributed by atoms with Crippen LogP contribution in [0.3, 0.4) is 0 Å². The maximum absolute atomic E-state index is 12.9. The molecular weight excluding hydrogens is 494 g/mol.